The molecule has 0 unspecified atom stereocenters. The molecule has 2 N–H and O–H groups in total. The van der Waals surface area contributed by atoms with Crippen molar-refractivity contribution < 1.29 is 21.6 Å². The number of methoxy groups -OCH3 is 1. The molecule has 0 radical (unpaired) electrons. The number of hydrogen-bond acceptors (Lipinski definition) is 6. The minimum Gasteiger partial charge on any atom is -0.495 e. The van der Waals surface area contributed by atoms with E-state index in [4.69, 9.17) is 21.6 Å². The van der Waals surface area contributed by atoms with E-state index in [1.165, 1.54) is 49.6 Å². The van der Waals surface area contributed by atoms with E-state index in [9.17, 15) is 16.8 Å². The Morgan fingerprint density at radius 3 is 2.23 bits per heavy atom. The number of halogens is 1. The zero-order chi connectivity index (χ0) is 22.6. The Hall–Kier alpha value is -3.26. The van der Waals surface area contributed by atoms with Gasteiger partial charge in [0.2, 0.25) is 0 Å². The summed E-state index contributed by atoms with van der Waals surface area (Å²) in [6, 6.07) is 17.3. The molecule has 0 spiro atoms. The topological polar surface area (TPSA) is 125 Å². The van der Waals surface area contributed by atoms with E-state index in [1.807, 2.05) is 6.07 Å². The smallest absolute Gasteiger partial charge is 0.263 e. The first kappa shape index (κ1) is 22.4. The first-order valence-corrected chi connectivity index (χ1v) is 12.0. The molecular weight excluding hydrogens is 462 g/mol. The zero-order valence-corrected chi connectivity index (χ0v) is 18.4. The van der Waals surface area contributed by atoms with Gasteiger partial charge in [-0.25, -0.2) is 16.8 Å². The molecule has 0 atom stereocenters. The van der Waals surface area contributed by atoms with Gasteiger partial charge in [0.15, 0.2) is 0 Å². The molecule has 0 aliphatic carbocycles. The summed E-state index contributed by atoms with van der Waals surface area (Å²) in [7, 11) is -6.78. The Morgan fingerprint density at radius 1 is 0.903 bits per heavy atom. The summed E-state index contributed by atoms with van der Waals surface area (Å²) in [6.07, 6.45) is 0. The molecule has 0 saturated heterocycles. The lowest BCUT2D eigenvalue weighted by molar-refractivity contribution is 0.417. The summed E-state index contributed by atoms with van der Waals surface area (Å²) >= 11 is 6.08. The third kappa shape index (κ3) is 5.08. The number of sulfonamides is 2. The lowest BCUT2D eigenvalue weighted by Gasteiger charge is -2.14. The van der Waals surface area contributed by atoms with Gasteiger partial charge < -0.3 is 4.74 Å². The predicted octanol–water partition coefficient (Wildman–Crippen LogP) is 3.82. The highest BCUT2D eigenvalue weighted by molar-refractivity contribution is 7.93. The van der Waals surface area contributed by atoms with Crippen molar-refractivity contribution in [3.8, 4) is 11.8 Å². The Bertz CT molecular complexity index is 1370. The van der Waals surface area contributed by atoms with Crippen molar-refractivity contribution in [1.29, 1.82) is 5.26 Å². The monoisotopic (exact) mass is 477 g/mol. The molecule has 3 rings (SSSR count). The fraction of sp³-hybridized carbons (Fsp3) is 0.0500. The van der Waals surface area contributed by atoms with Gasteiger partial charge in [0.05, 0.1) is 40.0 Å². The second-order valence-corrected chi connectivity index (χ2v) is 9.93. The van der Waals surface area contributed by atoms with Gasteiger partial charge >= 0.3 is 0 Å². The fourth-order valence-electron chi connectivity index (χ4n) is 2.62. The van der Waals surface area contributed by atoms with Crippen molar-refractivity contribution in [2.24, 2.45) is 0 Å². The van der Waals surface area contributed by atoms with Gasteiger partial charge in [-0.2, -0.15) is 5.26 Å². The summed E-state index contributed by atoms with van der Waals surface area (Å²) in [5.41, 5.74) is 0.500. The summed E-state index contributed by atoms with van der Waals surface area (Å²) in [5, 5.41) is 8.75. The molecule has 8 nitrogen and oxygen atoms in total. The number of rotatable bonds is 7. The maximum Gasteiger partial charge on any atom is 0.263 e. The molecule has 0 fully saturated rings. The molecule has 0 aliphatic rings. The lowest BCUT2D eigenvalue weighted by Crippen LogP contribution is -2.16. The van der Waals surface area contributed by atoms with Crippen LogP contribution in [0.15, 0.2) is 76.5 Å². The Labute approximate surface area is 185 Å². The third-order valence-corrected chi connectivity index (χ3v) is 7.36. The molecule has 0 heterocycles. The van der Waals surface area contributed by atoms with Crippen molar-refractivity contribution in [2.45, 2.75) is 9.79 Å². The highest BCUT2D eigenvalue weighted by Gasteiger charge is 2.22. The third-order valence-electron chi connectivity index (χ3n) is 4.12. The van der Waals surface area contributed by atoms with Crippen molar-refractivity contribution in [1.82, 2.24) is 0 Å². The Kier molecular flexibility index (Phi) is 6.40. The van der Waals surface area contributed by atoms with Crippen LogP contribution < -0.4 is 14.2 Å². The number of nitrogens with one attached hydrogen (secondary N) is 2. The van der Waals surface area contributed by atoms with Gasteiger partial charge in [0.25, 0.3) is 20.0 Å². The highest BCUT2D eigenvalue weighted by atomic mass is 35.5. The van der Waals surface area contributed by atoms with Gasteiger partial charge in [0, 0.05) is 0 Å². The summed E-state index contributed by atoms with van der Waals surface area (Å²) < 4.78 is 60.8. The van der Waals surface area contributed by atoms with Crippen LogP contribution in [0, 0.1) is 11.3 Å². The lowest BCUT2D eigenvalue weighted by atomic mass is 10.2. The van der Waals surface area contributed by atoms with Crippen LogP contribution in [0.4, 0.5) is 11.4 Å². The minimum absolute atomic E-state index is 0.00541. The summed E-state index contributed by atoms with van der Waals surface area (Å²) in [5.74, 6) is 0.305. The molecule has 3 aromatic carbocycles. The van der Waals surface area contributed by atoms with Crippen molar-refractivity contribution in [2.75, 3.05) is 16.6 Å². The highest BCUT2D eigenvalue weighted by Crippen LogP contribution is 2.31. The molecule has 160 valence electrons. The van der Waals surface area contributed by atoms with Crippen LogP contribution in [0.25, 0.3) is 0 Å². The second kappa shape index (κ2) is 8.85. The van der Waals surface area contributed by atoms with Crippen LogP contribution >= 0.6 is 11.6 Å². The number of benzene rings is 3. The summed E-state index contributed by atoms with van der Waals surface area (Å²) in [4.78, 5) is -0.405. The van der Waals surface area contributed by atoms with E-state index >= 15 is 0 Å². The van der Waals surface area contributed by atoms with Crippen LogP contribution in [-0.4, -0.2) is 23.9 Å². The average Bonchev–Trinajstić information content (AvgIpc) is 2.75. The van der Waals surface area contributed by atoms with Gasteiger partial charge in [-0.1, -0.05) is 23.7 Å². The van der Waals surface area contributed by atoms with Gasteiger partial charge in [-0.05, 0) is 54.6 Å². The van der Waals surface area contributed by atoms with Crippen LogP contribution in [-0.2, 0) is 20.0 Å². The van der Waals surface area contributed by atoms with Crippen molar-refractivity contribution >= 4 is 43.0 Å². The minimum atomic E-state index is -4.16. The Morgan fingerprint density at radius 2 is 1.58 bits per heavy atom. The van der Waals surface area contributed by atoms with E-state index in [0.717, 1.165) is 6.07 Å². The predicted molar refractivity (Wildman–Crippen MR) is 117 cm³/mol. The standard InChI is InChI=1S/C20H16ClN3O5S2/c1-29-19-5-3-2-4-18(19)24-31(27,28)20-12-15(8-11-17(20)21)23-30(25,26)16-9-6-14(13-22)7-10-16/h2-12,23-24H,1H3. The van der Waals surface area contributed by atoms with Crippen LogP contribution in [0.3, 0.4) is 0 Å². The molecule has 0 saturated carbocycles. The molecule has 11 heteroatoms. The number of ether oxygens (including phenoxy) is 1. The largest absolute Gasteiger partial charge is 0.495 e. The van der Waals surface area contributed by atoms with Gasteiger partial charge in [-0.3, -0.25) is 9.44 Å². The molecule has 31 heavy (non-hydrogen) atoms. The van der Waals surface area contributed by atoms with E-state index in [-0.39, 0.29) is 26.2 Å². The molecule has 0 bridgehead atoms. The molecule has 0 aliphatic heterocycles. The first-order chi connectivity index (χ1) is 14.7. The zero-order valence-electron chi connectivity index (χ0n) is 16.0. The number of nitriles is 1. The Balaban J connectivity index is 1.93. The normalized spacial score (nSPS) is 11.4. The SMILES string of the molecule is COc1ccccc1NS(=O)(=O)c1cc(NS(=O)(=O)c2ccc(C#N)cc2)ccc1Cl. The van der Waals surface area contributed by atoms with Crippen LogP contribution in [0.2, 0.25) is 5.02 Å². The average molecular weight is 478 g/mol. The fourth-order valence-corrected chi connectivity index (χ4v) is 5.27. The maximum atomic E-state index is 12.9. The van der Waals surface area contributed by atoms with Crippen molar-refractivity contribution in [3.05, 3.63) is 77.3 Å². The summed E-state index contributed by atoms with van der Waals surface area (Å²) in [6.45, 7) is 0. The van der Waals surface area contributed by atoms with E-state index < -0.39 is 20.0 Å². The van der Waals surface area contributed by atoms with Crippen LogP contribution in [0.1, 0.15) is 5.56 Å². The van der Waals surface area contributed by atoms with E-state index in [2.05, 4.69) is 9.44 Å². The van der Waals surface area contributed by atoms with E-state index in [0.29, 0.717) is 11.3 Å². The second-order valence-electron chi connectivity index (χ2n) is 6.19. The molecule has 0 amide bonds. The van der Waals surface area contributed by atoms with Crippen molar-refractivity contribution in [3.63, 3.8) is 0 Å². The molecular formula is C20H16ClN3O5S2. The van der Waals surface area contributed by atoms with Gasteiger partial charge in [0.1, 0.15) is 10.6 Å². The quantitative estimate of drug-likeness (QED) is 0.532. The number of hydrogen-bond donors (Lipinski definition) is 2. The number of nitrogens with zero attached hydrogens (tertiary/aromatic N) is 1. The number of anilines is 2. The van der Waals surface area contributed by atoms with E-state index in [1.54, 1.807) is 18.2 Å². The van der Waals surface area contributed by atoms with Crippen LogP contribution in [0.5, 0.6) is 5.75 Å². The molecule has 0 aromatic heterocycles. The maximum absolute atomic E-state index is 12.9. The van der Waals surface area contributed by atoms with Gasteiger partial charge in [-0.15, -0.1) is 0 Å². The number of para-hydroxylation sites is 2. The first-order valence-electron chi connectivity index (χ1n) is 8.64. The molecule has 3 aromatic rings.